The molecule has 3 nitrogen and oxygen atoms in total. The van der Waals surface area contributed by atoms with E-state index in [0.29, 0.717) is 5.69 Å². The summed E-state index contributed by atoms with van der Waals surface area (Å²) in [5.74, 6) is 0. The predicted molar refractivity (Wildman–Crippen MR) is 36.0 cm³/mol. The second-order valence-electron chi connectivity index (χ2n) is 1.24. The van der Waals surface area contributed by atoms with Gasteiger partial charge in [-0.2, -0.15) is 5.10 Å². The molecule has 1 rings (SSSR count). The number of carbonyl (C=O) groups excluding carboxylic acids is 1. The van der Waals surface area contributed by atoms with Gasteiger partial charge in [0, 0.05) is 6.20 Å². The van der Waals surface area contributed by atoms with E-state index < -0.39 is 5.24 Å². The molecule has 0 aromatic carbocycles. The summed E-state index contributed by atoms with van der Waals surface area (Å²) in [7, 11) is 0. The van der Waals surface area contributed by atoms with Crippen LogP contribution in [0.2, 0.25) is 0 Å². The summed E-state index contributed by atoms with van der Waals surface area (Å²) in [6, 6.07) is 1.51. The van der Waals surface area contributed by atoms with Gasteiger partial charge in [-0.3, -0.25) is 9.89 Å². The Kier molecular flexibility index (Phi) is 3.27. The number of aromatic amines is 1. The van der Waals surface area contributed by atoms with Crippen molar-refractivity contribution in [3.8, 4) is 0 Å². The maximum Gasteiger partial charge on any atom is 0.270 e. The molecule has 50 valence electrons. The van der Waals surface area contributed by atoms with Crippen molar-refractivity contribution in [3.63, 3.8) is 0 Å². The van der Waals surface area contributed by atoms with Gasteiger partial charge in [0.1, 0.15) is 5.69 Å². The van der Waals surface area contributed by atoms with E-state index in [2.05, 4.69) is 10.2 Å². The van der Waals surface area contributed by atoms with Crippen molar-refractivity contribution in [2.24, 2.45) is 0 Å². The van der Waals surface area contributed by atoms with Gasteiger partial charge in [0.2, 0.25) is 0 Å². The van der Waals surface area contributed by atoms with Gasteiger partial charge in [-0.1, -0.05) is 0 Å². The Balaban J connectivity index is 0.000000640. The molecule has 0 spiro atoms. The number of hydrogen-bond acceptors (Lipinski definition) is 2. The zero-order valence-electron chi connectivity index (χ0n) is 4.30. The summed E-state index contributed by atoms with van der Waals surface area (Å²) < 4.78 is 0. The van der Waals surface area contributed by atoms with Crippen molar-refractivity contribution in [1.82, 2.24) is 10.2 Å². The number of aromatic nitrogens is 2. The number of halogens is 2. The second-order valence-corrected chi connectivity index (χ2v) is 1.59. The third kappa shape index (κ3) is 2.03. The molecule has 0 aliphatic heterocycles. The first-order chi connectivity index (χ1) is 3.80. The minimum atomic E-state index is -0.512. The van der Waals surface area contributed by atoms with Crippen LogP contribution in [0.1, 0.15) is 10.5 Å². The van der Waals surface area contributed by atoms with Crippen LogP contribution in [0.3, 0.4) is 0 Å². The van der Waals surface area contributed by atoms with E-state index in [1.165, 1.54) is 12.3 Å². The van der Waals surface area contributed by atoms with Crippen LogP contribution in [0, 0.1) is 0 Å². The Morgan fingerprint density at radius 3 is 2.67 bits per heavy atom. The highest BCUT2D eigenvalue weighted by Gasteiger charge is 1.98. The Morgan fingerprint density at radius 1 is 1.78 bits per heavy atom. The fourth-order valence-corrected chi connectivity index (χ4v) is 0.471. The first-order valence-electron chi connectivity index (χ1n) is 2.00. The summed E-state index contributed by atoms with van der Waals surface area (Å²) in [4.78, 5) is 10.2. The molecule has 0 unspecified atom stereocenters. The number of H-pyrrole nitrogens is 1. The SMILES string of the molecule is Cl.O=C(Cl)c1ccn[nH]1. The topological polar surface area (TPSA) is 45.8 Å². The van der Waals surface area contributed by atoms with Crippen LogP contribution in [0.25, 0.3) is 0 Å². The third-order valence-electron chi connectivity index (χ3n) is 0.712. The van der Waals surface area contributed by atoms with E-state index in [1.54, 1.807) is 0 Å². The molecule has 9 heavy (non-hydrogen) atoms. The smallest absolute Gasteiger partial charge is 0.270 e. The van der Waals surface area contributed by atoms with E-state index in [4.69, 9.17) is 11.6 Å². The van der Waals surface area contributed by atoms with Crippen molar-refractivity contribution in [1.29, 1.82) is 0 Å². The summed E-state index contributed by atoms with van der Waals surface area (Å²) in [5.41, 5.74) is 0.326. The van der Waals surface area contributed by atoms with Crippen LogP contribution in [0.15, 0.2) is 12.3 Å². The molecule has 1 heterocycles. The van der Waals surface area contributed by atoms with Crippen LogP contribution in [-0.4, -0.2) is 15.4 Å². The fraction of sp³-hybridized carbons (Fsp3) is 0. The largest absolute Gasteiger partial charge is 0.274 e. The Morgan fingerprint density at radius 2 is 2.44 bits per heavy atom. The van der Waals surface area contributed by atoms with Gasteiger partial charge in [-0.15, -0.1) is 12.4 Å². The fourth-order valence-electron chi connectivity index (χ4n) is 0.365. The van der Waals surface area contributed by atoms with Crippen LogP contribution >= 0.6 is 24.0 Å². The lowest BCUT2D eigenvalue weighted by molar-refractivity contribution is 0.107. The van der Waals surface area contributed by atoms with Crippen molar-refractivity contribution in [3.05, 3.63) is 18.0 Å². The van der Waals surface area contributed by atoms with Gasteiger partial charge in [0.25, 0.3) is 5.24 Å². The normalized spacial score (nSPS) is 8.11. The van der Waals surface area contributed by atoms with Crippen LogP contribution in [0.5, 0.6) is 0 Å². The molecule has 0 fully saturated rings. The van der Waals surface area contributed by atoms with Crippen molar-refractivity contribution in [2.75, 3.05) is 0 Å². The molecular weight excluding hydrogens is 163 g/mol. The van der Waals surface area contributed by atoms with Crippen molar-refractivity contribution in [2.45, 2.75) is 0 Å². The molecule has 1 N–H and O–H groups in total. The van der Waals surface area contributed by atoms with Gasteiger partial charge >= 0.3 is 0 Å². The monoisotopic (exact) mass is 166 g/mol. The Labute approximate surface area is 62.8 Å². The molecular formula is C4H4Cl2N2O. The maximum absolute atomic E-state index is 10.2. The molecule has 1 aromatic rings. The lowest BCUT2D eigenvalue weighted by Crippen LogP contribution is -1.86. The first kappa shape index (κ1) is 8.46. The number of carbonyl (C=O) groups is 1. The molecule has 1 aromatic heterocycles. The van der Waals surface area contributed by atoms with Crippen molar-refractivity contribution >= 4 is 29.3 Å². The van der Waals surface area contributed by atoms with Crippen LogP contribution < -0.4 is 0 Å². The molecule has 0 radical (unpaired) electrons. The molecule has 0 atom stereocenters. The van der Waals surface area contributed by atoms with E-state index in [-0.39, 0.29) is 12.4 Å². The molecule has 0 saturated carbocycles. The minimum Gasteiger partial charge on any atom is -0.274 e. The van der Waals surface area contributed by atoms with Gasteiger partial charge in [-0.25, -0.2) is 0 Å². The average molecular weight is 167 g/mol. The lowest BCUT2D eigenvalue weighted by Gasteiger charge is -1.77. The zero-order valence-corrected chi connectivity index (χ0v) is 5.87. The molecule has 0 amide bonds. The standard InChI is InChI=1S/C4H3ClN2O.ClH/c5-4(8)3-1-2-6-7-3;/h1-2H,(H,6,7);1H. The van der Waals surface area contributed by atoms with Gasteiger partial charge in [0.15, 0.2) is 0 Å². The number of nitrogens with zero attached hydrogens (tertiary/aromatic N) is 1. The third-order valence-corrected chi connectivity index (χ3v) is 0.916. The van der Waals surface area contributed by atoms with Gasteiger partial charge in [0.05, 0.1) is 0 Å². The van der Waals surface area contributed by atoms with Gasteiger partial charge < -0.3 is 0 Å². The maximum atomic E-state index is 10.2. The average Bonchev–Trinajstić information content (AvgIpc) is 2.12. The molecule has 0 bridgehead atoms. The number of rotatable bonds is 1. The highest BCUT2D eigenvalue weighted by Crippen LogP contribution is 1.95. The van der Waals surface area contributed by atoms with Crippen LogP contribution in [-0.2, 0) is 0 Å². The molecule has 5 heteroatoms. The first-order valence-corrected chi connectivity index (χ1v) is 2.37. The summed E-state index contributed by atoms with van der Waals surface area (Å²) in [5, 5.41) is 5.41. The predicted octanol–water partition coefficient (Wildman–Crippen LogP) is 1.21. The van der Waals surface area contributed by atoms with Gasteiger partial charge in [-0.05, 0) is 17.7 Å². The number of nitrogens with one attached hydrogen (secondary N) is 1. The van der Waals surface area contributed by atoms with E-state index in [0.717, 1.165) is 0 Å². The second kappa shape index (κ2) is 3.48. The van der Waals surface area contributed by atoms with E-state index in [9.17, 15) is 4.79 Å². The summed E-state index contributed by atoms with van der Waals surface area (Å²) in [6.45, 7) is 0. The minimum absolute atomic E-state index is 0. The lowest BCUT2D eigenvalue weighted by atomic mass is 10.5. The Bertz CT molecular complexity index is 184. The Hall–Kier alpha value is -0.540. The van der Waals surface area contributed by atoms with E-state index >= 15 is 0 Å². The van der Waals surface area contributed by atoms with Crippen LogP contribution in [0.4, 0.5) is 0 Å². The highest BCUT2D eigenvalue weighted by atomic mass is 35.5. The molecule has 0 aliphatic carbocycles. The molecule has 0 aliphatic rings. The van der Waals surface area contributed by atoms with E-state index in [1.807, 2.05) is 0 Å². The molecule has 0 saturated heterocycles. The highest BCUT2D eigenvalue weighted by molar-refractivity contribution is 6.67. The zero-order chi connectivity index (χ0) is 5.98. The number of hydrogen-bond donors (Lipinski definition) is 1. The quantitative estimate of drug-likeness (QED) is 0.639. The summed E-state index contributed by atoms with van der Waals surface area (Å²) >= 11 is 5.03. The summed E-state index contributed by atoms with van der Waals surface area (Å²) in [6.07, 6.45) is 1.47. The van der Waals surface area contributed by atoms with Crippen molar-refractivity contribution < 1.29 is 4.79 Å².